The van der Waals surface area contributed by atoms with Gasteiger partial charge in [0.15, 0.2) is 8.32 Å². The van der Waals surface area contributed by atoms with E-state index in [4.69, 9.17) is 9.16 Å². The van der Waals surface area contributed by atoms with Crippen LogP contribution in [-0.4, -0.2) is 56.5 Å². The van der Waals surface area contributed by atoms with Gasteiger partial charge in [0.05, 0.1) is 6.10 Å². The van der Waals surface area contributed by atoms with Crippen molar-refractivity contribution in [3.63, 3.8) is 0 Å². The summed E-state index contributed by atoms with van der Waals surface area (Å²) in [6.07, 6.45) is 5.04. The molecule has 0 bridgehead atoms. The van der Waals surface area contributed by atoms with Crippen molar-refractivity contribution in [3.05, 3.63) is 24.3 Å². The first-order chi connectivity index (χ1) is 13.4. The number of hydrogen-bond acceptors (Lipinski definition) is 5. The van der Waals surface area contributed by atoms with Crippen LogP contribution >= 0.6 is 0 Å². The standard InChI is InChI=1S/C23H40O5Si2/c1-22(2,3)30(8,9)28-19(14-16-29(5,6)7)17-20(24)23(4,26)15-13-18-11-10-12-21(25)27-18/h10,12-13,15,18-20,24,26H,11,17H2,1-9H3/b15-13+/t18-,19+,20-,23-/m1/s1. The van der Waals surface area contributed by atoms with Crippen LogP contribution in [0.2, 0.25) is 37.8 Å². The minimum Gasteiger partial charge on any atom is -0.455 e. The Morgan fingerprint density at radius 2 is 1.87 bits per heavy atom. The van der Waals surface area contributed by atoms with Gasteiger partial charge in [0.1, 0.15) is 25.9 Å². The molecule has 0 aliphatic carbocycles. The van der Waals surface area contributed by atoms with Crippen LogP contribution in [0.4, 0.5) is 0 Å². The summed E-state index contributed by atoms with van der Waals surface area (Å²) in [4.78, 5) is 11.4. The van der Waals surface area contributed by atoms with Crippen molar-refractivity contribution >= 4 is 22.4 Å². The molecule has 0 fully saturated rings. The number of carbonyl (C=O) groups excluding carboxylic acids is 1. The first-order valence-electron chi connectivity index (χ1n) is 10.6. The Bertz CT molecular complexity index is 715. The highest BCUT2D eigenvalue weighted by molar-refractivity contribution is 6.83. The lowest BCUT2D eigenvalue weighted by molar-refractivity contribution is -0.141. The molecular weight excluding hydrogens is 412 g/mol. The molecule has 0 saturated heterocycles. The lowest BCUT2D eigenvalue weighted by atomic mass is 9.93. The van der Waals surface area contributed by atoms with Crippen LogP contribution in [0.3, 0.4) is 0 Å². The fourth-order valence-electron chi connectivity index (χ4n) is 2.47. The lowest BCUT2D eigenvalue weighted by Gasteiger charge is -2.39. The predicted octanol–water partition coefficient (Wildman–Crippen LogP) is 4.19. The Labute approximate surface area is 184 Å². The number of cyclic esters (lactones) is 1. The van der Waals surface area contributed by atoms with E-state index in [1.807, 2.05) is 0 Å². The minimum atomic E-state index is -2.11. The topological polar surface area (TPSA) is 76.0 Å². The van der Waals surface area contributed by atoms with Crippen LogP contribution in [-0.2, 0) is 14.0 Å². The minimum absolute atomic E-state index is 0.0117. The summed E-state index contributed by atoms with van der Waals surface area (Å²) >= 11 is 0. The predicted molar refractivity (Wildman–Crippen MR) is 127 cm³/mol. The molecule has 0 amide bonds. The second-order valence-electron chi connectivity index (χ2n) is 10.8. The zero-order valence-corrected chi connectivity index (χ0v) is 22.1. The maximum atomic E-state index is 11.4. The van der Waals surface area contributed by atoms with E-state index < -0.39 is 46.3 Å². The van der Waals surface area contributed by atoms with Gasteiger partial charge >= 0.3 is 5.97 Å². The average Bonchev–Trinajstić information content (AvgIpc) is 2.56. The van der Waals surface area contributed by atoms with Crippen molar-refractivity contribution in [3.8, 4) is 11.5 Å². The van der Waals surface area contributed by atoms with Crippen LogP contribution in [0.5, 0.6) is 0 Å². The highest BCUT2D eigenvalue weighted by Crippen LogP contribution is 2.38. The van der Waals surface area contributed by atoms with Gasteiger partial charge in [-0.2, -0.15) is 0 Å². The molecule has 0 aromatic heterocycles. The molecule has 170 valence electrons. The summed E-state index contributed by atoms with van der Waals surface area (Å²) in [5.74, 6) is 2.85. The van der Waals surface area contributed by atoms with Crippen LogP contribution in [0.25, 0.3) is 0 Å². The van der Waals surface area contributed by atoms with E-state index in [2.05, 4.69) is 65.0 Å². The second kappa shape index (κ2) is 9.96. The summed E-state index contributed by atoms with van der Waals surface area (Å²) in [5.41, 5.74) is 1.86. The molecule has 0 saturated carbocycles. The SMILES string of the molecule is CC(C)(C)[Si](C)(C)O[C@@H](C#C[Si](C)(C)C)C[C@@H](O)[C@](C)(O)/C=C/[C@H]1CC=CC(=O)O1. The molecule has 0 unspecified atom stereocenters. The van der Waals surface area contributed by atoms with Crippen molar-refractivity contribution < 1.29 is 24.2 Å². The number of ether oxygens (including phenoxy) is 1. The average molecular weight is 453 g/mol. The van der Waals surface area contributed by atoms with Crippen molar-refractivity contribution in [2.75, 3.05) is 0 Å². The van der Waals surface area contributed by atoms with Gasteiger partial charge in [-0.3, -0.25) is 0 Å². The molecule has 0 spiro atoms. The van der Waals surface area contributed by atoms with Gasteiger partial charge in [0.25, 0.3) is 0 Å². The van der Waals surface area contributed by atoms with E-state index in [1.54, 1.807) is 19.1 Å². The van der Waals surface area contributed by atoms with Gasteiger partial charge in [-0.1, -0.05) is 58.5 Å². The molecule has 0 aromatic carbocycles. The Morgan fingerprint density at radius 1 is 1.27 bits per heavy atom. The Morgan fingerprint density at radius 3 is 2.37 bits per heavy atom. The maximum Gasteiger partial charge on any atom is 0.331 e. The van der Waals surface area contributed by atoms with Crippen molar-refractivity contribution in [1.29, 1.82) is 0 Å². The van der Waals surface area contributed by atoms with Gasteiger partial charge in [-0.15, -0.1) is 5.54 Å². The van der Waals surface area contributed by atoms with E-state index in [-0.39, 0.29) is 11.5 Å². The molecule has 1 aliphatic heterocycles. The third kappa shape index (κ3) is 8.90. The molecule has 4 atom stereocenters. The monoisotopic (exact) mass is 452 g/mol. The zero-order valence-electron chi connectivity index (χ0n) is 20.1. The van der Waals surface area contributed by atoms with Crippen LogP contribution in [0, 0.1) is 11.5 Å². The fraction of sp³-hybridized carbons (Fsp3) is 0.696. The Kier molecular flexibility index (Phi) is 8.92. The van der Waals surface area contributed by atoms with Gasteiger partial charge in [0.2, 0.25) is 0 Å². The summed E-state index contributed by atoms with van der Waals surface area (Å²) in [5, 5.41) is 21.7. The van der Waals surface area contributed by atoms with Crippen LogP contribution < -0.4 is 0 Å². The number of rotatable bonds is 7. The van der Waals surface area contributed by atoms with Crippen molar-refractivity contribution in [2.45, 2.75) is 102 Å². The molecule has 0 aromatic rings. The summed E-state index contributed by atoms with van der Waals surface area (Å²) in [7, 11) is -3.73. The zero-order chi connectivity index (χ0) is 23.4. The second-order valence-corrected chi connectivity index (χ2v) is 20.3. The highest BCUT2D eigenvalue weighted by atomic mass is 28.4. The fourth-order valence-corrected chi connectivity index (χ4v) is 4.29. The molecule has 30 heavy (non-hydrogen) atoms. The Hall–Kier alpha value is -1.18. The van der Waals surface area contributed by atoms with E-state index in [9.17, 15) is 15.0 Å². The molecule has 1 heterocycles. The molecule has 0 radical (unpaired) electrons. The van der Waals surface area contributed by atoms with Crippen LogP contribution in [0.1, 0.15) is 40.5 Å². The molecule has 2 N–H and O–H groups in total. The van der Waals surface area contributed by atoms with Crippen molar-refractivity contribution in [1.82, 2.24) is 0 Å². The first-order valence-corrected chi connectivity index (χ1v) is 17.0. The lowest BCUT2D eigenvalue weighted by Crippen LogP contribution is -2.46. The van der Waals surface area contributed by atoms with Gasteiger partial charge < -0.3 is 19.4 Å². The third-order valence-electron chi connectivity index (χ3n) is 5.50. The summed E-state index contributed by atoms with van der Waals surface area (Å²) in [6.45, 7) is 18.9. The number of aliphatic hydroxyl groups is 2. The molecule has 1 aliphatic rings. The maximum absolute atomic E-state index is 11.4. The molecular formula is C23H40O5Si2. The van der Waals surface area contributed by atoms with E-state index in [1.165, 1.54) is 12.2 Å². The number of hydrogen-bond donors (Lipinski definition) is 2. The van der Waals surface area contributed by atoms with Gasteiger partial charge in [-0.25, -0.2) is 4.79 Å². The Balaban J connectivity index is 2.98. The molecule has 7 heteroatoms. The molecule has 5 nitrogen and oxygen atoms in total. The summed E-state index contributed by atoms with van der Waals surface area (Å²) < 4.78 is 11.7. The normalized spacial score (nSPS) is 22.1. The third-order valence-corrected chi connectivity index (χ3v) is 10.9. The van der Waals surface area contributed by atoms with Crippen LogP contribution in [0.15, 0.2) is 24.3 Å². The number of carbonyl (C=O) groups is 1. The first kappa shape index (κ1) is 26.9. The van der Waals surface area contributed by atoms with E-state index >= 15 is 0 Å². The summed E-state index contributed by atoms with van der Waals surface area (Å²) in [6, 6.07) is 0. The highest BCUT2D eigenvalue weighted by Gasteiger charge is 2.40. The van der Waals surface area contributed by atoms with Gasteiger partial charge in [-0.05, 0) is 31.1 Å². The molecule has 1 rings (SSSR count). The van der Waals surface area contributed by atoms with Gasteiger partial charge in [0, 0.05) is 18.9 Å². The number of aliphatic hydroxyl groups excluding tert-OH is 1. The van der Waals surface area contributed by atoms with E-state index in [0.29, 0.717) is 6.42 Å². The number of esters is 1. The quantitative estimate of drug-likeness (QED) is 0.262. The van der Waals surface area contributed by atoms with E-state index in [0.717, 1.165) is 0 Å². The largest absolute Gasteiger partial charge is 0.455 e. The smallest absolute Gasteiger partial charge is 0.331 e. The van der Waals surface area contributed by atoms with Crippen molar-refractivity contribution in [2.24, 2.45) is 0 Å².